The lowest BCUT2D eigenvalue weighted by Crippen LogP contribution is -2.54. The molecule has 7 nitrogen and oxygen atoms in total. The van der Waals surface area contributed by atoms with Gasteiger partial charge in [0.2, 0.25) is 0 Å². The first-order valence-electron chi connectivity index (χ1n) is 10.9. The average molecular weight is 424 g/mol. The standard InChI is InChI=1S/C24H29N3O4/c1-14-16-11-12-27(20(16)26-13-25-14)21-19(28)24(3,30)22(31-21)23(2,29)18-10-6-8-15-7-4-5-9-17(15)18/h6,8,10-13,19,21-22,28-30H,4-5,7,9H2,1-3H3/t19-,21+,22+,23+,24-/m0/s1. The highest BCUT2D eigenvalue weighted by atomic mass is 16.6. The molecule has 0 unspecified atom stereocenters. The number of aliphatic hydroxyl groups excluding tert-OH is 1. The zero-order valence-corrected chi connectivity index (χ0v) is 18.1. The van der Waals surface area contributed by atoms with Gasteiger partial charge in [0.15, 0.2) is 6.23 Å². The molecule has 5 atom stereocenters. The van der Waals surface area contributed by atoms with Gasteiger partial charge in [-0.25, -0.2) is 9.97 Å². The van der Waals surface area contributed by atoms with Crippen molar-refractivity contribution in [3.63, 3.8) is 0 Å². The van der Waals surface area contributed by atoms with Crippen LogP contribution in [0.2, 0.25) is 0 Å². The number of hydrogen-bond donors (Lipinski definition) is 3. The van der Waals surface area contributed by atoms with Crippen molar-refractivity contribution in [2.75, 3.05) is 0 Å². The Morgan fingerprint density at radius 2 is 1.97 bits per heavy atom. The minimum atomic E-state index is -1.68. The Kier molecular flexibility index (Phi) is 4.71. The number of hydrogen-bond acceptors (Lipinski definition) is 6. The first kappa shape index (κ1) is 20.6. The molecule has 164 valence electrons. The van der Waals surface area contributed by atoms with E-state index < -0.39 is 29.6 Å². The Bertz CT molecular complexity index is 1140. The Morgan fingerprint density at radius 1 is 1.19 bits per heavy atom. The maximum absolute atomic E-state index is 11.7. The third-order valence-corrected chi connectivity index (χ3v) is 7.11. The van der Waals surface area contributed by atoms with Crippen LogP contribution in [0.1, 0.15) is 55.3 Å². The number of benzene rings is 1. The predicted molar refractivity (Wildman–Crippen MR) is 115 cm³/mol. The molecule has 2 aliphatic rings. The lowest BCUT2D eigenvalue weighted by molar-refractivity contribution is -0.162. The van der Waals surface area contributed by atoms with Crippen LogP contribution < -0.4 is 0 Å². The summed E-state index contributed by atoms with van der Waals surface area (Å²) in [5.74, 6) is 0. The highest BCUT2D eigenvalue weighted by Crippen LogP contribution is 2.47. The van der Waals surface area contributed by atoms with E-state index in [9.17, 15) is 15.3 Å². The molecular weight excluding hydrogens is 394 g/mol. The first-order valence-corrected chi connectivity index (χ1v) is 10.9. The normalized spacial score (nSPS) is 30.3. The van der Waals surface area contributed by atoms with Crippen molar-refractivity contribution in [2.45, 2.75) is 76.1 Å². The summed E-state index contributed by atoms with van der Waals surface area (Å²) in [4.78, 5) is 8.56. The van der Waals surface area contributed by atoms with E-state index >= 15 is 0 Å². The summed E-state index contributed by atoms with van der Waals surface area (Å²) in [5.41, 5.74) is 1.40. The summed E-state index contributed by atoms with van der Waals surface area (Å²) in [5, 5.41) is 35.0. The highest BCUT2D eigenvalue weighted by molar-refractivity contribution is 5.78. The second-order valence-corrected chi connectivity index (χ2v) is 9.29. The number of ether oxygens (including phenoxy) is 1. The van der Waals surface area contributed by atoms with E-state index in [1.54, 1.807) is 17.7 Å². The van der Waals surface area contributed by atoms with Gasteiger partial charge in [-0.05, 0) is 69.2 Å². The number of aromatic nitrogens is 3. The van der Waals surface area contributed by atoms with Gasteiger partial charge in [0.25, 0.3) is 0 Å². The van der Waals surface area contributed by atoms with E-state index in [0.29, 0.717) is 5.65 Å². The Balaban J connectivity index is 1.57. The summed E-state index contributed by atoms with van der Waals surface area (Å²) >= 11 is 0. The molecule has 0 saturated carbocycles. The number of aliphatic hydroxyl groups is 3. The van der Waals surface area contributed by atoms with Gasteiger partial charge in [-0.2, -0.15) is 0 Å². The smallest absolute Gasteiger partial charge is 0.164 e. The van der Waals surface area contributed by atoms with Crippen molar-refractivity contribution in [1.82, 2.24) is 14.5 Å². The predicted octanol–water partition coefficient (Wildman–Crippen LogP) is 2.54. The van der Waals surface area contributed by atoms with Crippen LogP contribution in [0.15, 0.2) is 36.8 Å². The van der Waals surface area contributed by atoms with E-state index in [-0.39, 0.29) is 0 Å². The van der Waals surface area contributed by atoms with E-state index in [0.717, 1.165) is 47.9 Å². The molecule has 1 aromatic carbocycles. The van der Waals surface area contributed by atoms with Crippen LogP contribution in [-0.4, -0.2) is 47.7 Å². The molecule has 0 bridgehead atoms. The maximum atomic E-state index is 11.7. The van der Waals surface area contributed by atoms with Crippen LogP contribution in [0.4, 0.5) is 0 Å². The molecule has 0 amide bonds. The van der Waals surface area contributed by atoms with Gasteiger partial charge in [-0.15, -0.1) is 0 Å². The molecule has 3 aromatic rings. The van der Waals surface area contributed by atoms with Crippen LogP contribution in [0.25, 0.3) is 11.0 Å². The van der Waals surface area contributed by atoms with Crippen molar-refractivity contribution in [2.24, 2.45) is 0 Å². The second kappa shape index (κ2) is 7.10. The van der Waals surface area contributed by atoms with E-state index in [2.05, 4.69) is 16.0 Å². The summed E-state index contributed by atoms with van der Waals surface area (Å²) in [6, 6.07) is 7.83. The third-order valence-electron chi connectivity index (χ3n) is 7.11. The summed E-state index contributed by atoms with van der Waals surface area (Å²) in [6.07, 6.45) is 4.15. The molecule has 5 rings (SSSR count). The van der Waals surface area contributed by atoms with Gasteiger partial charge < -0.3 is 24.6 Å². The molecule has 7 heteroatoms. The van der Waals surface area contributed by atoms with Gasteiger partial charge in [0.05, 0.1) is 5.69 Å². The third kappa shape index (κ3) is 3.03. The lowest BCUT2D eigenvalue weighted by atomic mass is 9.75. The van der Waals surface area contributed by atoms with E-state index in [1.807, 2.05) is 25.1 Å². The molecule has 3 heterocycles. The molecule has 3 N–H and O–H groups in total. The fourth-order valence-corrected chi connectivity index (χ4v) is 5.41. The number of fused-ring (bicyclic) bond motifs is 2. The summed E-state index contributed by atoms with van der Waals surface area (Å²) < 4.78 is 7.95. The molecule has 1 aliphatic carbocycles. The van der Waals surface area contributed by atoms with Crippen LogP contribution in [0.3, 0.4) is 0 Å². The van der Waals surface area contributed by atoms with Crippen molar-refractivity contribution in [1.29, 1.82) is 0 Å². The van der Waals surface area contributed by atoms with Crippen molar-refractivity contribution in [3.05, 3.63) is 59.2 Å². The Hall–Kier alpha value is -2.32. The quantitative estimate of drug-likeness (QED) is 0.599. The number of aryl methyl sites for hydroxylation is 2. The topological polar surface area (TPSA) is 101 Å². The van der Waals surface area contributed by atoms with Gasteiger partial charge in [-0.1, -0.05) is 18.2 Å². The summed E-state index contributed by atoms with van der Waals surface area (Å²) in [7, 11) is 0. The fourth-order valence-electron chi connectivity index (χ4n) is 5.41. The average Bonchev–Trinajstić information content (AvgIpc) is 3.27. The Morgan fingerprint density at radius 3 is 2.77 bits per heavy atom. The van der Waals surface area contributed by atoms with Gasteiger partial charge >= 0.3 is 0 Å². The largest absolute Gasteiger partial charge is 0.385 e. The Labute approximate surface area is 181 Å². The molecule has 0 spiro atoms. The molecule has 1 fully saturated rings. The number of rotatable bonds is 3. The first-order chi connectivity index (χ1) is 14.7. The zero-order chi connectivity index (χ0) is 22.0. The monoisotopic (exact) mass is 423 g/mol. The highest BCUT2D eigenvalue weighted by Gasteiger charge is 2.60. The SMILES string of the molecule is Cc1ncnc2c1ccn2[C@@H]1O[C@H]([C@](C)(O)c2cccc3c2CCCC3)[C@@](C)(O)[C@H]1O. The lowest BCUT2D eigenvalue weighted by Gasteiger charge is -2.39. The maximum Gasteiger partial charge on any atom is 0.164 e. The fraction of sp³-hybridized carbons (Fsp3) is 0.500. The van der Waals surface area contributed by atoms with Crippen LogP contribution in [0.5, 0.6) is 0 Å². The molecule has 1 saturated heterocycles. The number of nitrogens with zero attached hydrogens (tertiary/aromatic N) is 3. The van der Waals surface area contributed by atoms with Crippen LogP contribution in [-0.2, 0) is 23.2 Å². The van der Waals surface area contributed by atoms with Crippen LogP contribution >= 0.6 is 0 Å². The van der Waals surface area contributed by atoms with E-state index in [4.69, 9.17) is 4.74 Å². The van der Waals surface area contributed by atoms with Crippen molar-refractivity contribution >= 4 is 11.0 Å². The molecule has 1 aliphatic heterocycles. The molecular formula is C24H29N3O4. The molecule has 31 heavy (non-hydrogen) atoms. The van der Waals surface area contributed by atoms with Gasteiger partial charge in [-0.3, -0.25) is 0 Å². The minimum Gasteiger partial charge on any atom is -0.385 e. The molecule has 0 radical (unpaired) electrons. The van der Waals surface area contributed by atoms with Crippen LogP contribution in [0, 0.1) is 6.92 Å². The van der Waals surface area contributed by atoms with Gasteiger partial charge in [0, 0.05) is 11.6 Å². The molecule has 2 aromatic heterocycles. The van der Waals surface area contributed by atoms with Gasteiger partial charge in [0.1, 0.15) is 35.4 Å². The minimum absolute atomic E-state index is 0.615. The summed E-state index contributed by atoms with van der Waals surface area (Å²) in [6.45, 7) is 5.09. The second-order valence-electron chi connectivity index (χ2n) is 9.29. The zero-order valence-electron chi connectivity index (χ0n) is 18.1. The van der Waals surface area contributed by atoms with E-state index in [1.165, 1.54) is 18.8 Å². The van der Waals surface area contributed by atoms with Crippen molar-refractivity contribution in [3.8, 4) is 0 Å². The van der Waals surface area contributed by atoms with Crippen molar-refractivity contribution < 1.29 is 20.1 Å².